The molecule has 3 aromatic carbocycles. The SMILES string of the molecule is COC(=O)N[C@H]1CCC[C@@H]1C(CN1CCC1)(c1cccc(F)c1)C1CCN(CC2(F)CN(c3ccc(S(=O)(=O)c4ccc(C(=O)NC(C)C)cc4)cc3)C2)CC1. The number of hydrogen-bond acceptors (Lipinski definition) is 8. The van der Waals surface area contributed by atoms with Crippen molar-refractivity contribution in [1.82, 2.24) is 20.4 Å². The summed E-state index contributed by atoms with van der Waals surface area (Å²) in [5, 5.41) is 5.93. The van der Waals surface area contributed by atoms with Gasteiger partial charge >= 0.3 is 6.09 Å². The topological polar surface area (TPSA) is 111 Å². The molecule has 3 aromatic rings. The maximum atomic E-state index is 16.3. The number of hydrogen-bond donors (Lipinski definition) is 2. The molecule has 2 amide bonds. The molecule has 4 aliphatic rings. The second-order valence-electron chi connectivity index (χ2n) is 16.7. The van der Waals surface area contributed by atoms with Gasteiger partial charge in [-0.1, -0.05) is 18.6 Å². The van der Waals surface area contributed by atoms with E-state index in [1.807, 2.05) is 18.7 Å². The highest BCUT2D eigenvalue weighted by molar-refractivity contribution is 7.91. The lowest BCUT2D eigenvalue weighted by atomic mass is 9.57. The minimum Gasteiger partial charge on any atom is -0.453 e. The van der Waals surface area contributed by atoms with Crippen molar-refractivity contribution in [1.29, 1.82) is 0 Å². The first-order valence-electron chi connectivity index (χ1n) is 20.0. The fourth-order valence-electron chi connectivity index (χ4n) is 9.77. The third-order valence-corrected chi connectivity index (χ3v) is 14.4. The zero-order chi connectivity index (χ0) is 39.7. The predicted octanol–water partition coefficient (Wildman–Crippen LogP) is 6.21. The minimum absolute atomic E-state index is 0.0362. The van der Waals surface area contributed by atoms with Gasteiger partial charge in [-0.05, 0) is 150 Å². The van der Waals surface area contributed by atoms with E-state index in [0.717, 1.165) is 82.5 Å². The van der Waals surface area contributed by atoms with Crippen LogP contribution in [0.5, 0.6) is 0 Å². The molecule has 7 rings (SSSR count). The molecule has 1 saturated carbocycles. The number of benzene rings is 3. The van der Waals surface area contributed by atoms with Crippen LogP contribution in [0.15, 0.2) is 82.6 Å². The van der Waals surface area contributed by atoms with Crippen LogP contribution >= 0.6 is 0 Å². The Morgan fingerprint density at radius 2 is 1.55 bits per heavy atom. The fourth-order valence-corrected chi connectivity index (χ4v) is 11.0. The van der Waals surface area contributed by atoms with Gasteiger partial charge in [0.15, 0.2) is 5.67 Å². The van der Waals surface area contributed by atoms with E-state index in [9.17, 15) is 18.0 Å². The molecule has 10 nitrogen and oxygen atoms in total. The predicted molar refractivity (Wildman–Crippen MR) is 212 cm³/mol. The second-order valence-corrected chi connectivity index (χ2v) is 18.6. The molecule has 3 heterocycles. The number of nitrogens with one attached hydrogen (secondary N) is 2. The summed E-state index contributed by atoms with van der Waals surface area (Å²) in [4.78, 5) is 31.6. The average Bonchev–Trinajstić information content (AvgIpc) is 3.62. The smallest absolute Gasteiger partial charge is 0.407 e. The van der Waals surface area contributed by atoms with Crippen molar-refractivity contribution in [2.75, 3.05) is 64.4 Å². The molecule has 3 aliphatic heterocycles. The van der Waals surface area contributed by atoms with Crippen molar-refractivity contribution in [3.8, 4) is 0 Å². The Morgan fingerprint density at radius 3 is 2.14 bits per heavy atom. The Hall–Kier alpha value is -4.07. The van der Waals surface area contributed by atoms with E-state index in [-0.39, 0.29) is 63.9 Å². The first kappa shape index (κ1) is 40.1. The highest BCUT2D eigenvalue weighted by Crippen LogP contribution is 2.51. The van der Waals surface area contributed by atoms with Gasteiger partial charge in [0.05, 0.1) is 30.0 Å². The van der Waals surface area contributed by atoms with Crippen LogP contribution in [-0.2, 0) is 20.0 Å². The molecule has 1 unspecified atom stereocenters. The molecular formula is C43H55F2N5O5S. The van der Waals surface area contributed by atoms with Crippen molar-refractivity contribution < 1.29 is 31.5 Å². The number of nitrogens with zero attached hydrogens (tertiary/aromatic N) is 3. The highest BCUT2D eigenvalue weighted by Gasteiger charge is 2.54. The highest BCUT2D eigenvalue weighted by atomic mass is 32.2. The van der Waals surface area contributed by atoms with Crippen molar-refractivity contribution in [2.45, 2.75) is 85.3 Å². The molecule has 0 radical (unpaired) electrons. The Bertz CT molecular complexity index is 1960. The maximum absolute atomic E-state index is 16.3. The number of ether oxygens (including phenoxy) is 1. The van der Waals surface area contributed by atoms with Gasteiger partial charge in [-0.2, -0.15) is 0 Å². The Labute approximate surface area is 329 Å². The Kier molecular flexibility index (Phi) is 11.8. The lowest BCUT2D eigenvalue weighted by Crippen LogP contribution is -2.65. The van der Waals surface area contributed by atoms with Gasteiger partial charge in [0, 0.05) is 41.8 Å². The summed E-state index contributed by atoms with van der Waals surface area (Å²) in [7, 11) is -2.42. The van der Waals surface area contributed by atoms with E-state index in [1.54, 1.807) is 36.4 Å². The van der Waals surface area contributed by atoms with Crippen LogP contribution < -0.4 is 15.5 Å². The van der Waals surface area contributed by atoms with Crippen LogP contribution in [0.3, 0.4) is 0 Å². The summed E-state index contributed by atoms with van der Waals surface area (Å²) in [5.74, 6) is -0.192. The van der Waals surface area contributed by atoms with Crippen molar-refractivity contribution >= 4 is 27.5 Å². The number of rotatable bonds is 13. The molecule has 4 fully saturated rings. The van der Waals surface area contributed by atoms with Crippen LogP contribution in [0.4, 0.5) is 19.3 Å². The molecule has 2 N–H and O–H groups in total. The van der Waals surface area contributed by atoms with Gasteiger partial charge in [-0.25, -0.2) is 22.0 Å². The number of carbonyl (C=O) groups is 2. The lowest BCUT2D eigenvalue weighted by molar-refractivity contribution is 0.00584. The summed E-state index contributed by atoms with van der Waals surface area (Å²) in [6, 6.07) is 19.4. The van der Waals surface area contributed by atoms with Crippen molar-refractivity contribution in [3.05, 3.63) is 89.7 Å². The van der Waals surface area contributed by atoms with E-state index < -0.39 is 21.6 Å². The quantitative estimate of drug-likeness (QED) is 0.211. The first-order chi connectivity index (χ1) is 26.8. The van der Waals surface area contributed by atoms with Crippen LogP contribution in [0, 0.1) is 17.7 Å². The molecule has 0 bridgehead atoms. The molecule has 56 heavy (non-hydrogen) atoms. The first-order valence-corrected chi connectivity index (χ1v) is 21.5. The largest absolute Gasteiger partial charge is 0.453 e. The summed E-state index contributed by atoms with van der Waals surface area (Å²) in [6.45, 7) is 8.71. The standard InChI is InChI=1S/C43H55F2N5O5S/c1-30(2)46-40(51)31-11-15-36(16-12-31)56(53,54)37-17-13-35(14-18-37)50-27-42(45,28-50)26-49-23-19-32(20-24-49)43(29-48-21-6-22-48,33-7-4-8-34(44)25-33)38-9-5-10-39(38)47-41(52)55-3/h4,7-8,11-18,25,30,32,38-39H,5-6,9-10,19-24,26-29H2,1-3H3,(H,46,51)(H,47,52)/t38-,39-,43?/m0/s1. The van der Waals surface area contributed by atoms with Crippen LogP contribution in [0.25, 0.3) is 0 Å². The molecule has 0 spiro atoms. The number of amides is 2. The van der Waals surface area contributed by atoms with Gasteiger partial charge < -0.3 is 25.2 Å². The average molecular weight is 792 g/mol. The number of alkyl halides is 1. The summed E-state index contributed by atoms with van der Waals surface area (Å²) >= 11 is 0. The van der Waals surface area contributed by atoms with E-state index in [1.165, 1.54) is 37.4 Å². The second kappa shape index (κ2) is 16.4. The van der Waals surface area contributed by atoms with Gasteiger partial charge in [0.1, 0.15) is 5.82 Å². The molecule has 3 atom stereocenters. The van der Waals surface area contributed by atoms with Gasteiger partial charge in [-0.3, -0.25) is 9.69 Å². The third-order valence-electron chi connectivity index (χ3n) is 12.6. The van der Waals surface area contributed by atoms with Crippen molar-refractivity contribution in [2.24, 2.45) is 11.8 Å². The zero-order valence-electron chi connectivity index (χ0n) is 32.7. The molecule has 1 aliphatic carbocycles. The normalized spacial score (nSPS) is 22.9. The maximum Gasteiger partial charge on any atom is 0.407 e. The monoisotopic (exact) mass is 791 g/mol. The third kappa shape index (κ3) is 8.31. The Morgan fingerprint density at radius 1 is 0.893 bits per heavy atom. The lowest BCUT2D eigenvalue weighted by Gasteiger charge is -2.54. The van der Waals surface area contributed by atoms with Crippen LogP contribution in [0.2, 0.25) is 0 Å². The van der Waals surface area contributed by atoms with Crippen LogP contribution in [0.1, 0.15) is 68.3 Å². The van der Waals surface area contributed by atoms with Crippen LogP contribution in [-0.4, -0.2) is 107 Å². The number of piperidine rings is 1. The number of alkyl carbamates (subject to hydrolysis) is 1. The number of anilines is 1. The molecule has 0 aromatic heterocycles. The van der Waals surface area contributed by atoms with E-state index in [0.29, 0.717) is 12.1 Å². The number of likely N-dealkylation sites (tertiary alicyclic amines) is 2. The molecular weight excluding hydrogens is 737 g/mol. The molecule has 3 saturated heterocycles. The van der Waals surface area contributed by atoms with Gasteiger partial charge in [0.25, 0.3) is 5.91 Å². The molecule has 302 valence electrons. The minimum atomic E-state index is -3.81. The summed E-state index contributed by atoms with van der Waals surface area (Å²) in [6.07, 6.45) is 5.14. The van der Waals surface area contributed by atoms with Gasteiger partial charge in [-0.15, -0.1) is 0 Å². The van der Waals surface area contributed by atoms with E-state index in [2.05, 4.69) is 26.5 Å². The fraction of sp³-hybridized carbons (Fsp3) is 0.535. The number of methoxy groups -OCH3 is 1. The van der Waals surface area contributed by atoms with Crippen molar-refractivity contribution in [3.63, 3.8) is 0 Å². The number of halogens is 2. The van der Waals surface area contributed by atoms with Gasteiger partial charge in [0.2, 0.25) is 9.84 Å². The molecule has 13 heteroatoms. The zero-order valence-corrected chi connectivity index (χ0v) is 33.5. The van der Waals surface area contributed by atoms with E-state index >= 15 is 8.78 Å². The Balaban J connectivity index is 0.997. The summed E-state index contributed by atoms with van der Waals surface area (Å²) in [5.41, 5.74) is 0.348. The van der Waals surface area contributed by atoms with E-state index in [4.69, 9.17) is 4.74 Å². The number of sulfone groups is 1. The summed E-state index contributed by atoms with van der Waals surface area (Å²) < 4.78 is 63.0. The number of carbonyl (C=O) groups excluding carboxylic acids is 2.